The van der Waals surface area contributed by atoms with Crippen molar-refractivity contribution in [2.24, 2.45) is 0 Å². The van der Waals surface area contributed by atoms with Crippen LogP contribution in [0.3, 0.4) is 0 Å². The van der Waals surface area contributed by atoms with Gasteiger partial charge >= 0.3 is 0 Å². The quantitative estimate of drug-likeness (QED) is 0.789. The minimum atomic E-state index is -0.126. The molecule has 0 bridgehead atoms. The Morgan fingerprint density at radius 2 is 1.86 bits per heavy atom. The molecule has 0 aliphatic rings. The minimum Gasteiger partial charge on any atom is -0.494 e. The SMILES string of the molecule is CCOc1ccc(C(=O)Nc2ccccc2C(C)Br)cc1. The molecular formula is C17H18BrNO2. The second kappa shape index (κ2) is 7.27. The highest BCUT2D eigenvalue weighted by molar-refractivity contribution is 9.09. The van der Waals surface area contributed by atoms with Crippen LogP contribution in [0.4, 0.5) is 5.69 Å². The summed E-state index contributed by atoms with van der Waals surface area (Å²) in [5, 5.41) is 2.95. The highest BCUT2D eigenvalue weighted by Crippen LogP contribution is 2.29. The molecule has 0 saturated heterocycles. The molecule has 2 aromatic rings. The van der Waals surface area contributed by atoms with E-state index in [1.807, 2.05) is 38.1 Å². The summed E-state index contributed by atoms with van der Waals surface area (Å²) >= 11 is 3.54. The van der Waals surface area contributed by atoms with Gasteiger partial charge in [-0.1, -0.05) is 34.1 Å². The summed E-state index contributed by atoms with van der Waals surface area (Å²) < 4.78 is 5.37. The molecule has 0 aromatic heterocycles. The van der Waals surface area contributed by atoms with E-state index >= 15 is 0 Å². The smallest absolute Gasteiger partial charge is 0.255 e. The van der Waals surface area contributed by atoms with Crippen molar-refractivity contribution in [3.8, 4) is 5.75 Å². The second-order valence-corrected chi connectivity index (χ2v) is 5.99. The number of ether oxygens (including phenoxy) is 1. The molecule has 0 saturated carbocycles. The van der Waals surface area contributed by atoms with Gasteiger partial charge in [0.1, 0.15) is 5.75 Å². The van der Waals surface area contributed by atoms with Crippen molar-refractivity contribution in [3.05, 3.63) is 59.7 Å². The summed E-state index contributed by atoms with van der Waals surface area (Å²) in [7, 11) is 0. The Labute approximate surface area is 133 Å². The molecule has 2 rings (SSSR count). The van der Waals surface area contributed by atoms with Crippen molar-refractivity contribution >= 4 is 27.5 Å². The van der Waals surface area contributed by atoms with Gasteiger partial charge in [-0.3, -0.25) is 4.79 Å². The number of para-hydroxylation sites is 1. The first kappa shape index (κ1) is 15.6. The van der Waals surface area contributed by atoms with Gasteiger partial charge in [-0.25, -0.2) is 0 Å². The van der Waals surface area contributed by atoms with Crippen LogP contribution in [0.2, 0.25) is 0 Å². The molecule has 3 nitrogen and oxygen atoms in total. The molecule has 0 spiro atoms. The Morgan fingerprint density at radius 1 is 1.19 bits per heavy atom. The number of carbonyl (C=O) groups excluding carboxylic acids is 1. The zero-order valence-corrected chi connectivity index (χ0v) is 13.7. The van der Waals surface area contributed by atoms with Crippen molar-refractivity contribution in [2.75, 3.05) is 11.9 Å². The zero-order chi connectivity index (χ0) is 15.2. The van der Waals surface area contributed by atoms with Crippen molar-refractivity contribution < 1.29 is 9.53 Å². The number of carbonyl (C=O) groups is 1. The van der Waals surface area contributed by atoms with Crippen molar-refractivity contribution in [2.45, 2.75) is 18.7 Å². The number of alkyl halides is 1. The van der Waals surface area contributed by atoms with E-state index < -0.39 is 0 Å². The number of hydrogen-bond acceptors (Lipinski definition) is 2. The number of hydrogen-bond donors (Lipinski definition) is 1. The van der Waals surface area contributed by atoms with Gasteiger partial charge < -0.3 is 10.1 Å². The molecule has 0 fully saturated rings. The lowest BCUT2D eigenvalue weighted by molar-refractivity contribution is 0.102. The fraction of sp³-hybridized carbons (Fsp3) is 0.235. The molecule has 1 unspecified atom stereocenters. The van der Waals surface area contributed by atoms with Crippen LogP contribution < -0.4 is 10.1 Å². The van der Waals surface area contributed by atoms with E-state index in [1.54, 1.807) is 24.3 Å². The van der Waals surface area contributed by atoms with Gasteiger partial charge in [0.05, 0.1) is 6.61 Å². The summed E-state index contributed by atoms with van der Waals surface area (Å²) in [4.78, 5) is 12.5. The maximum atomic E-state index is 12.3. The fourth-order valence-electron chi connectivity index (χ4n) is 2.02. The zero-order valence-electron chi connectivity index (χ0n) is 12.1. The predicted octanol–water partition coefficient (Wildman–Crippen LogP) is 4.79. The van der Waals surface area contributed by atoms with Gasteiger partial charge in [0, 0.05) is 16.1 Å². The largest absolute Gasteiger partial charge is 0.494 e. The van der Waals surface area contributed by atoms with Crippen LogP contribution in [-0.2, 0) is 0 Å². The Morgan fingerprint density at radius 3 is 2.48 bits per heavy atom. The van der Waals surface area contributed by atoms with E-state index in [-0.39, 0.29) is 10.7 Å². The Balaban J connectivity index is 2.14. The van der Waals surface area contributed by atoms with Gasteiger partial charge in [0.15, 0.2) is 0 Å². The molecule has 21 heavy (non-hydrogen) atoms. The summed E-state index contributed by atoms with van der Waals surface area (Å²) in [5.74, 6) is 0.641. The molecule has 0 aliphatic heterocycles. The lowest BCUT2D eigenvalue weighted by atomic mass is 10.1. The Hall–Kier alpha value is -1.81. The standard InChI is InChI=1S/C17H18BrNO2/c1-3-21-14-10-8-13(9-11-14)17(20)19-16-7-5-4-6-15(16)12(2)18/h4-12H,3H2,1-2H3,(H,19,20). The normalized spacial score (nSPS) is 11.8. The van der Waals surface area contributed by atoms with Crippen LogP contribution in [0, 0.1) is 0 Å². The van der Waals surface area contributed by atoms with Gasteiger partial charge in [-0.05, 0) is 49.7 Å². The molecule has 0 heterocycles. The third-order valence-corrected chi connectivity index (χ3v) is 3.56. The third kappa shape index (κ3) is 4.08. The van der Waals surface area contributed by atoms with E-state index in [2.05, 4.69) is 21.2 Å². The molecular weight excluding hydrogens is 330 g/mol. The average Bonchev–Trinajstić information content (AvgIpc) is 2.48. The molecule has 110 valence electrons. The van der Waals surface area contributed by atoms with Crippen LogP contribution in [0.15, 0.2) is 48.5 Å². The summed E-state index contributed by atoms with van der Waals surface area (Å²) in [6.07, 6.45) is 0. The third-order valence-electron chi connectivity index (χ3n) is 3.07. The number of rotatable bonds is 5. The molecule has 0 aliphatic carbocycles. The van der Waals surface area contributed by atoms with Gasteiger partial charge in [0.25, 0.3) is 5.91 Å². The maximum Gasteiger partial charge on any atom is 0.255 e. The van der Waals surface area contributed by atoms with Crippen molar-refractivity contribution in [1.82, 2.24) is 0 Å². The monoisotopic (exact) mass is 347 g/mol. The first-order valence-electron chi connectivity index (χ1n) is 6.89. The topological polar surface area (TPSA) is 38.3 Å². The average molecular weight is 348 g/mol. The van der Waals surface area contributed by atoms with E-state index in [1.165, 1.54) is 0 Å². The highest BCUT2D eigenvalue weighted by atomic mass is 79.9. The number of benzene rings is 2. The molecule has 0 radical (unpaired) electrons. The van der Waals surface area contributed by atoms with Gasteiger partial charge in [-0.2, -0.15) is 0 Å². The van der Waals surface area contributed by atoms with E-state index in [4.69, 9.17) is 4.74 Å². The van der Waals surface area contributed by atoms with Crippen LogP contribution in [-0.4, -0.2) is 12.5 Å². The Kier molecular flexibility index (Phi) is 5.39. The van der Waals surface area contributed by atoms with E-state index in [9.17, 15) is 4.79 Å². The summed E-state index contributed by atoms with van der Waals surface area (Å²) in [6.45, 7) is 4.57. The minimum absolute atomic E-state index is 0.126. The van der Waals surface area contributed by atoms with Crippen molar-refractivity contribution in [3.63, 3.8) is 0 Å². The number of amides is 1. The van der Waals surface area contributed by atoms with Gasteiger partial charge in [-0.15, -0.1) is 0 Å². The number of anilines is 1. The predicted molar refractivity (Wildman–Crippen MR) is 89.3 cm³/mol. The summed E-state index contributed by atoms with van der Waals surface area (Å²) in [5.41, 5.74) is 2.48. The van der Waals surface area contributed by atoms with Crippen LogP contribution >= 0.6 is 15.9 Å². The fourth-order valence-corrected chi connectivity index (χ4v) is 2.42. The molecule has 2 aromatic carbocycles. The highest BCUT2D eigenvalue weighted by Gasteiger charge is 2.11. The molecule has 1 amide bonds. The molecule has 1 N–H and O–H groups in total. The van der Waals surface area contributed by atoms with Crippen molar-refractivity contribution in [1.29, 1.82) is 0 Å². The summed E-state index contributed by atoms with van der Waals surface area (Å²) in [6, 6.07) is 14.9. The lowest BCUT2D eigenvalue weighted by Crippen LogP contribution is -2.13. The molecule has 1 atom stereocenters. The second-order valence-electron chi connectivity index (χ2n) is 4.61. The van der Waals surface area contributed by atoms with E-state index in [0.29, 0.717) is 12.2 Å². The van der Waals surface area contributed by atoms with Crippen LogP contribution in [0.25, 0.3) is 0 Å². The van der Waals surface area contributed by atoms with E-state index in [0.717, 1.165) is 17.0 Å². The van der Waals surface area contributed by atoms with Crippen LogP contribution in [0.1, 0.15) is 34.6 Å². The number of nitrogens with one attached hydrogen (secondary N) is 1. The molecule has 4 heteroatoms. The first-order valence-corrected chi connectivity index (χ1v) is 7.80. The number of halogens is 1. The first-order chi connectivity index (χ1) is 10.1. The Bertz CT molecular complexity index is 608. The van der Waals surface area contributed by atoms with Gasteiger partial charge in [0.2, 0.25) is 0 Å². The maximum absolute atomic E-state index is 12.3. The van der Waals surface area contributed by atoms with Crippen LogP contribution in [0.5, 0.6) is 5.75 Å². The lowest BCUT2D eigenvalue weighted by Gasteiger charge is -2.13.